The monoisotopic (exact) mass is 441 g/mol. The van der Waals surface area contributed by atoms with E-state index in [0.29, 0.717) is 30.6 Å². The minimum atomic E-state index is -2.16. The fraction of sp³-hybridized carbons (Fsp3) is 0.125. The van der Waals surface area contributed by atoms with Crippen molar-refractivity contribution in [1.29, 1.82) is 0 Å². The second-order valence-electron chi connectivity index (χ2n) is 4.83. The molecule has 2 aromatic carbocycles. The zero-order chi connectivity index (χ0) is 17.9. The van der Waals surface area contributed by atoms with Gasteiger partial charge in [-0.1, -0.05) is 0 Å². The van der Waals surface area contributed by atoms with Crippen LogP contribution in [0.1, 0.15) is 25.0 Å². The van der Waals surface area contributed by atoms with Gasteiger partial charge in [0.1, 0.15) is 0 Å². The molecule has 0 spiro atoms. The van der Waals surface area contributed by atoms with Gasteiger partial charge in [-0.15, -0.1) is 0 Å². The molecule has 4 N–H and O–H groups in total. The van der Waals surface area contributed by atoms with E-state index in [1.807, 2.05) is 0 Å². The van der Waals surface area contributed by atoms with Crippen molar-refractivity contribution in [3.05, 3.63) is 47.5 Å². The summed E-state index contributed by atoms with van der Waals surface area (Å²) in [5, 5.41) is 44.1. The average molecular weight is 442 g/mol. The zero-order valence-corrected chi connectivity index (χ0v) is 15.2. The molecule has 0 unspecified atom stereocenters. The van der Waals surface area contributed by atoms with E-state index in [4.69, 9.17) is 19.9 Å². The van der Waals surface area contributed by atoms with Gasteiger partial charge < -0.3 is 0 Å². The van der Waals surface area contributed by atoms with Crippen molar-refractivity contribution in [2.45, 2.75) is 13.8 Å². The Morgan fingerprint density at radius 1 is 0.833 bits per heavy atom. The van der Waals surface area contributed by atoms with Crippen molar-refractivity contribution >= 4 is 29.0 Å². The van der Waals surface area contributed by atoms with Crippen molar-refractivity contribution < 1.29 is 36.4 Å². The van der Waals surface area contributed by atoms with E-state index in [9.17, 15) is 10.2 Å². The van der Waals surface area contributed by atoms with Crippen molar-refractivity contribution in [2.24, 2.45) is 10.3 Å². The van der Waals surface area contributed by atoms with Gasteiger partial charge in [0.25, 0.3) is 0 Å². The summed E-state index contributed by atoms with van der Waals surface area (Å²) in [6.45, 7) is 3.24. The maximum atomic E-state index is 9.81. The number of nitrogens with zero attached hydrogens (tertiary/aromatic N) is 2. The molecule has 0 aliphatic rings. The van der Waals surface area contributed by atoms with E-state index in [1.165, 1.54) is 24.3 Å². The summed E-state index contributed by atoms with van der Waals surface area (Å²) in [7, 11) is 6.71. The molecule has 0 heterocycles. The summed E-state index contributed by atoms with van der Waals surface area (Å²) in [6, 6.07) is 9.21. The quantitative estimate of drug-likeness (QED) is 0.252. The van der Waals surface area contributed by atoms with Crippen LogP contribution in [0.15, 0.2) is 46.7 Å². The van der Waals surface area contributed by atoms with E-state index < -0.39 is 15.7 Å². The number of rotatable bonds is 4. The van der Waals surface area contributed by atoms with E-state index in [0.717, 1.165) is 0 Å². The minimum absolute atomic E-state index is 0.0286. The molecule has 0 saturated heterocycles. The molecular weight excluding hydrogens is 426 g/mol. The molecule has 131 valence electrons. The number of benzene rings is 2. The van der Waals surface area contributed by atoms with Crippen LogP contribution in [0.25, 0.3) is 0 Å². The van der Waals surface area contributed by atoms with Gasteiger partial charge in [0, 0.05) is 0 Å². The third-order valence-corrected chi connectivity index (χ3v) is 7.51. The van der Waals surface area contributed by atoms with Crippen molar-refractivity contribution in [2.75, 3.05) is 0 Å². The number of oxime groups is 2. The second-order valence-corrected chi connectivity index (χ2v) is 8.90. The molecule has 0 fully saturated rings. The van der Waals surface area contributed by atoms with Crippen molar-refractivity contribution in [3.8, 4) is 11.5 Å². The van der Waals surface area contributed by atoms with Gasteiger partial charge in [-0.3, -0.25) is 0 Å². The van der Waals surface area contributed by atoms with Crippen LogP contribution in [0.3, 0.4) is 0 Å². The van der Waals surface area contributed by atoms with Gasteiger partial charge in [-0.05, 0) is 0 Å². The Bertz CT molecular complexity index is 756. The number of phenols is 2. The second kappa shape index (κ2) is 7.67. The Labute approximate surface area is 148 Å². The Morgan fingerprint density at radius 2 is 1.21 bits per heavy atom. The molecule has 8 heteroatoms. The first-order valence-corrected chi connectivity index (χ1v) is 10.3. The Morgan fingerprint density at radius 3 is 1.54 bits per heavy atom. The predicted molar refractivity (Wildman–Crippen MR) is 89.3 cm³/mol. The summed E-state index contributed by atoms with van der Waals surface area (Å²) in [4.78, 5) is 0. The number of halogens is 1. The van der Waals surface area contributed by atoms with Gasteiger partial charge in [-0.25, -0.2) is 0 Å². The van der Waals surface area contributed by atoms with Crippen molar-refractivity contribution in [3.63, 3.8) is 0 Å². The van der Waals surface area contributed by atoms with Crippen LogP contribution < -0.4 is 8.07 Å². The molecule has 0 aromatic heterocycles. The third-order valence-electron chi connectivity index (χ3n) is 3.23. The van der Waals surface area contributed by atoms with Crippen LogP contribution in [-0.2, 0) is 15.7 Å². The van der Waals surface area contributed by atoms with Gasteiger partial charge in [0.05, 0.1) is 0 Å². The van der Waals surface area contributed by atoms with E-state index in [-0.39, 0.29) is 11.5 Å². The SMILES string of the molecule is CC(=NO)c1ccc(O)c[c]1[Pd]([Cl])[c]1cc(O)ccc1C(C)=NO. The molecule has 0 amide bonds. The van der Waals surface area contributed by atoms with Gasteiger partial charge in [0.15, 0.2) is 0 Å². The first kappa shape index (κ1) is 18.3. The molecule has 0 saturated carbocycles. The predicted octanol–water partition coefficient (Wildman–Crippen LogP) is 2.22. The van der Waals surface area contributed by atoms with Crippen LogP contribution in [-0.4, -0.2) is 32.1 Å². The number of phenolic OH excluding ortho intramolecular Hbond substituents is 2. The zero-order valence-electron chi connectivity index (χ0n) is 12.8. The van der Waals surface area contributed by atoms with Crippen LogP contribution in [0.5, 0.6) is 11.5 Å². The molecule has 24 heavy (non-hydrogen) atoms. The summed E-state index contributed by atoms with van der Waals surface area (Å²) in [5.41, 5.74) is 1.90. The van der Waals surface area contributed by atoms with Crippen LogP contribution in [0, 0.1) is 0 Å². The number of aromatic hydroxyl groups is 2. The van der Waals surface area contributed by atoms with Crippen LogP contribution in [0.2, 0.25) is 0 Å². The summed E-state index contributed by atoms with van der Waals surface area (Å²) >= 11 is -2.16. The molecule has 6 nitrogen and oxygen atoms in total. The Kier molecular flexibility index (Phi) is 5.84. The first-order chi connectivity index (χ1) is 11.4. The third kappa shape index (κ3) is 3.70. The van der Waals surface area contributed by atoms with Crippen LogP contribution in [0.4, 0.5) is 0 Å². The van der Waals surface area contributed by atoms with Crippen LogP contribution >= 0.6 is 9.53 Å². The van der Waals surface area contributed by atoms with Gasteiger partial charge >= 0.3 is 149 Å². The van der Waals surface area contributed by atoms with E-state index in [1.54, 1.807) is 26.0 Å². The van der Waals surface area contributed by atoms with Crippen molar-refractivity contribution in [1.82, 2.24) is 0 Å². The fourth-order valence-corrected chi connectivity index (χ4v) is 6.00. The molecule has 2 aromatic rings. The number of hydrogen-bond acceptors (Lipinski definition) is 6. The molecule has 0 aliphatic carbocycles. The summed E-state index contributed by atoms with van der Waals surface area (Å²) in [5.74, 6) is 0.0572. The standard InChI is InChI=1S/2C8H8NO2.ClH.Pd/c2*1-6(9-11)7-2-4-8(10)5-3-7;;/h2*2,4-5,10-11H,1H3;1H;/q;;;+1/p-1. The topological polar surface area (TPSA) is 106 Å². The number of hydrogen-bond donors (Lipinski definition) is 4. The average Bonchev–Trinajstić information content (AvgIpc) is 2.59. The van der Waals surface area contributed by atoms with E-state index in [2.05, 4.69) is 10.3 Å². The normalized spacial score (nSPS) is 13.0. The molecule has 0 radical (unpaired) electrons. The molecule has 2 rings (SSSR count). The van der Waals surface area contributed by atoms with E-state index >= 15 is 0 Å². The molecule has 0 bridgehead atoms. The Hall–Kier alpha value is -2.07. The van der Waals surface area contributed by atoms with Gasteiger partial charge in [0.2, 0.25) is 0 Å². The Balaban J connectivity index is 2.68. The van der Waals surface area contributed by atoms with Gasteiger partial charge in [-0.2, -0.15) is 0 Å². The molecule has 0 atom stereocenters. The molecule has 0 aliphatic heterocycles. The molecular formula is C16H16ClN2O4Pd. The summed E-state index contributed by atoms with van der Waals surface area (Å²) < 4.78 is 1.21. The first-order valence-electron chi connectivity index (χ1n) is 6.71. The maximum absolute atomic E-state index is 9.81. The fourth-order valence-electron chi connectivity index (χ4n) is 1.97. The summed E-state index contributed by atoms with van der Waals surface area (Å²) in [6.07, 6.45) is 0.